The molecule has 0 atom stereocenters. The van der Waals surface area contributed by atoms with Crippen molar-refractivity contribution < 1.29 is 0 Å². The van der Waals surface area contributed by atoms with Crippen LogP contribution in [0.4, 0.5) is 5.95 Å². The number of hydrogen-bond donors (Lipinski definition) is 2. The van der Waals surface area contributed by atoms with Crippen LogP contribution in [0.3, 0.4) is 0 Å². The molecular formula is C20H18N4O. The van der Waals surface area contributed by atoms with Gasteiger partial charge in [-0.3, -0.25) is 4.79 Å². The van der Waals surface area contributed by atoms with Crippen molar-refractivity contribution in [3.8, 4) is 11.1 Å². The molecule has 0 spiro atoms. The minimum Gasteiger partial charge on any atom is -0.350 e. The maximum absolute atomic E-state index is 11.3. The summed E-state index contributed by atoms with van der Waals surface area (Å²) in [6.07, 6.45) is 8.91. The van der Waals surface area contributed by atoms with Gasteiger partial charge in [0.1, 0.15) is 0 Å². The van der Waals surface area contributed by atoms with E-state index >= 15 is 0 Å². The number of anilines is 1. The molecule has 0 saturated heterocycles. The summed E-state index contributed by atoms with van der Waals surface area (Å²) in [6.45, 7) is 8.01. The van der Waals surface area contributed by atoms with Gasteiger partial charge in [0, 0.05) is 36.1 Å². The summed E-state index contributed by atoms with van der Waals surface area (Å²) in [5, 5.41) is 4.11. The number of aromatic nitrogens is 3. The summed E-state index contributed by atoms with van der Waals surface area (Å²) in [4.78, 5) is 22.8. The molecule has 0 amide bonds. The smallest absolute Gasteiger partial charge is 0.248 e. The van der Waals surface area contributed by atoms with Gasteiger partial charge >= 0.3 is 0 Å². The second kappa shape index (κ2) is 7.40. The molecule has 0 aliphatic rings. The highest BCUT2D eigenvalue weighted by Gasteiger charge is 2.03. The number of aromatic amines is 1. The summed E-state index contributed by atoms with van der Waals surface area (Å²) >= 11 is 0. The van der Waals surface area contributed by atoms with Crippen LogP contribution in [0.15, 0.2) is 84.5 Å². The zero-order valence-electron chi connectivity index (χ0n) is 13.7. The fourth-order valence-corrected chi connectivity index (χ4v) is 2.43. The molecule has 3 rings (SSSR count). The first-order chi connectivity index (χ1) is 12.2. The van der Waals surface area contributed by atoms with Gasteiger partial charge in [0.05, 0.1) is 0 Å². The van der Waals surface area contributed by atoms with Crippen molar-refractivity contribution in [1.29, 1.82) is 0 Å². The highest BCUT2D eigenvalue weighted by atomic mass is 16.1. The number of benzene rings is 1. The van der Waals surface area contributed by atoms with Crippen molar-refractivity contribution in [3.63, 3.8) is 0 Å². The maximum atomic E-state index is 11.3. The molecule has 0 fully saturated rings. The van der Waals surface area contributed by atoms with Crippen LogP contribution in [0.1, 0.15) is 0 Å². The summed E-state index contributed by atoms with van der Waals surface area (Å²) in [5.41, 5.74) is 3.60. The molecule has 5 nitrogen and oxygen atoms in total. The number of rotatable bonds is 6. The highest BCUT2D eigenvalue weighted by molar-refractivity contribution is 5.84. The molecule has 0 aliphatic carbocycles. The Kier molecular flexibility index (Phi) is 4.85. The van der Waals surface area contributed by atoms with Gasteiger partial charge in [0.25, 0.3) is 0 Å². The largest absolute Gasteiger partial charge is 0.350 e. The van der Waals surface area contributed by atoms with Crippen molar-refractivity contribution in [2.24, 2.45) is 0 Å². The third-order valence-corrected chi connectivity index (χ3v) is 3.75. The SMILES string of the molecule is C=C/C=C(\C=C)CNc1ncc(-c2ccc3[nH]c(=O)ccc3c2)cn1. The Morgan fingerprint density at radius 1 is 1.12 bits per heavy atom. The van der Waals surface area contributed by atoms with Crippen molar-refractivity contribution in [1.82, 2.24) is 15.0 Å². The van der Waals surface area contributed by atoms with Crippen LogP contribution in [0.2, 0.25) is 0 Å². The molecule has 1 aromatic carbocycles. The number of H-pyrrole nitrogens is 1. The molecule has 2 N–H and O–H groups in total. The third kappa shape index (κ3) is 3.90. The lowest BCUT2D eigenvalue weighted by atomic mass is 10.1. The molecule has 0 saturated carbocycles. The molecule has 25 heavy (non-hydrogen) atoms. The Morgan fingerprint density at radius 3 is 2.64 bits per heavy atom. The normalized spacial score (nSPS) is 11.3. The monoisotopic (exact) mass is 330 g/mol. The van der Waals surface area contributed by atoms with E-state index in [-0.39, 0.29) is 5.56 Å². The summed E-state index contributed by atoms with van der Waals surface area (Å²) in [7, 11) is 0. The quantitative estimate of drug-likeness (QED) is 0.676. The van der Waals surface area contributed by atoms with E-state index in [1.807, 2.05) is 24.3 Å². The zero-order valence-corrected chi connectivity index (χ0v) is 13.7. The van der Waals surface area contributed by atoms with Crippen LogP contribution in [0.5, 0.6) is 0 Å². The number of pyridine rings is 1. The lowest BCUT2D eigenvalue weighted by Gasteiger charge is -2.07. The van der Waals surface area contributed by atoms with Crippen LogP contribution in [0.25, 0.3) is 22.0 Å². The summed E-state index contributed by atoms with van der Waals surface area (Å²) < 4.78 is 0. The average molecular weight is 330 g/mol. The molecule has 0 bridgehead atoms. The van der Waals surface area contributed by atoms with E-state index in [0.717, 1.165) is 27.6 Å². The number of hydrogen-bond acceptors (Lipinski definition) is 4. The van der Waals surface area contributed by atoms with Gasteiger partial charge in [-0.25, -0.2) is 9.97 Å². The van der Waals surface area contributed by atoms with Gasteiger partial charge in [-0.2, -0.15) is 0 Å². The number of allylic oxidation sites excluding steroid dienone is 2. The molecule has 124 valence electrons. The zero-order chi connectivity index (χ0) is 17.6. The van der Waals surface area contributed by atoms with E-state index in [9.17, 15) is 4.79 Å². The highest BCUT2D eigenvalue weighted by Crippen LogP contribution is 2.22. The molecule has 3 aromatic rings. The Balaban J connectivity index is 1.79. The third-order valence-electron chi connectivity index (χ3n) is 3.75. The minimum absolute atomic E-state index is 0.108. The van der Waals surface area contributed by atoms with E-state index < -0.39 is 0 Å². The summed E-state index contributed by atoms with van der Waals surface area (Å²) in [5.74, 6) is 0.547. The first kappa shape index (κ1) is 16.4. The molecule has 0 radical (unpaired) electrons. The predicted octanol–water partition coefficient (Wildman–Crippen LogP) is 3.70. The van der Waals surface area contributed by atoms with Gasteiger partial charge in [0.2, 0.25) is 11.5 Å². The topological polar surface area (TPSA) is 70.7 Å². The van der Waals surface area contributed by atoms with Gasteiger partial charge in [0.15, 0.2) is 0 Å². The maximum Gasteiger partial charge on any atom is 0.248 e. The average Bonchev–Trinajstić information content (AvgIpc) is 2.65. The second-order valence-corrected chi connectivity index (χ2v) is 5.45. The molecule has 0 unspecified atom stereocenters. The fourth-order valence-electron chi connectivity index (χ4n) is 2.43. The van der Waals surface area contributed by atoms with Crippen LogP contribution in [0, 0.1) is 0 Å². The first-order valence-corrected chi connectivity index (χ1v) is 7.83. The molecule has 0 aliphatic heterocycles. The Hall–Kier alpha value is -3.47. The Labute approximate surface area is 145 Å². The van der Waals surface area contributed by atoms with Crippen LogP contribution < -0.4 is 10.9 Å². The molecular weight excluding hydrogens is 312 g/mol. The Bertz CT molecular complexity index is 1000. The van der Waals surface area contributed by atoms with E-state index in [1.54, 1.807) is 30.6 Å². The predicted molar refractivity (Wildman–Crippen MR) is 103 cm³/mol. The van der Waals surface area contributed by atoms with Gasteiger partial charge in [-0.15, -0.1) is 0 Å². The van der Waals surface area contributed by atoms with Crippen LogP contribution in [-0.4, -0.2) is 21.5 Å². The van der Waals surface area contributed by atoms with E-state index in [2.05, 4.69) is 33.4 Å². The Morgan fingerprint density at radius 2 is 1.92 bits per heavy atom. The van der Waals surface area contributed by atoms with Gasteiger partial charge in [-0.05, 0) is 34.7 Å². The van der Waals surface area contributed by atoms with Crippen LogP contribution >= 0.6 is 0 Å². The number of nitrogens with one attached hydrogen (secondary N) is 2. The van der Waals surface area contributed by atoms with Crippen molar-refractivity contribution >= 4 is 16.9 Å². The van der Waals surface area contributed by atoms with E-state index in [0.29, 0.717) is 12.5 Å². The molecule has 2 aromatic heterocycles. The van der Waals surface area contributed by atoms with Gasteiger partial charge in [-0.1, -0.05) is 37.5 Å². The lowest BCUT2D eigenvalue weighted by Crippen LogP contribution is -2.06. The first-order valence-electron chi connectivity index (χ1n) is 7.83. The van der Waals surface area contributed by atoms with Gasteiger partial charge < -0.3 is 10.3 Å². The fraction of sp³-hybridized carbons (Fsp3) is 0.0500. The van der Waals surface area contributed by atoms with E-state index in [1.165, 1.54) is 6.07 Å². The number of nitrogens with zero attached hydrogens (tertiary/aromatic N) is 2. The minimum atomic E-state index is -0.108. The second-order valence-electron chi connectivity index (χ2n) is 5.45. The van der Waals surface area contributed by atoms with E-state index in [4.69, 9.17) is 0 Å². The standard InChI is InChI=1S/C20H18N4O/c1-3-5-14(4-2)11-21-20-22-12-17(13-23-20)15-6-8-18-16(10-15)7-9-19(25)24-18/h3-10,12-13H,1-2,11H2,(H,24,25)(H,21,22,23)/b14-5+. The van der Waals surface area contributed by atoms with Crippen molar-refractivity contribution in [3.05, 3.63) is 90.0 Å². The van der Waals surface area contributed by atoms with Crippen molar-refractivity contribution in [2.75, 3.05) is 11.9 Å². The summed E-state index contributed by atoms with van der Waals surface area (Å²) in [6, 6.07) is 9.14. The molecule has 2 heterocycles. The van der Waals surface area contributed by atoms with Crippen LogP contribution in [-0.2, 0) is 0 Å². The van der Waals surface area contributed by atoms with Crippen molar-refractivity contribution in [2.45, 2.75) is 0 Å². The number of fused-ring (bicyclic) bond motifs is 1. The molecule has 5 heteroatoms. The lowest BCUT2D eigenvalue weighted by molar-refractivity contribution is 1.11.